The average Bonchev–Trinajstić information content (AvgIpc) is 1.85. The molecule has 1 aliphatic rings. The van der Waals surface area contributed by atoms with E-state index >= 15 is 0 Å². The molecule has 0 saturated carbocycles. The predicted molar refractivity (Wildman–Crippen MR) is 38.1 cm³/mol. The smallest absolute Gasteiger partial charge is 0.407 e. The van der Waals surface area contributed by atoms with Gasteiger partial charge >= 0.3 is 6.09 Å². The quantitative estimate of drug-likeness (QED) is 0.509. The number of rotatable bonds is 0. The van der Waals surface area contributed by atoms with Crippen LogP contribution in [0.1, 0.15) is 6.92 Å². The summed E-state index contributed by atoms with van der Waals surface area (Å²) < 4.78 is 5.12. The van der Waals surface area contributed by atoms with E-state index in [-0.39, 0.29) is 6.54 Å². The van der Waals surface area contributed by atoms with E-state index in [2.05, 4.69) is 0 Å². The molecule has 1 aliphatic heterocycles. The molecule has 3 N–H and O–H groups in total. The van der Waals surface area contributed by atoms with Crippen LogP contribution in [0.5, 0.6) is 0 Å². The summed E-state index contributed by atoms with van der Waals surface area (Å²) in [5.41, 5.74) is 4.76. The first-order valence-corrected chi connectivity index (χ1v) is 3.42. The van der Waals surface area contributed by atoms with Crippen LogP contribution >= 0.6 is 0 Å². The Balaban J connectivity index is 2.53. The van der Waals surface area contributed by atoms with Gasteiger partial charge in [0.1, 0.15) is 5.72 Å². The SMILES string of the molecule is CC1(N)CN(C(=O)O)CCO1. The summed E-state index contributed by atoms with van der Waals surface area (Å²) in [6.07, 6.45) is -0.940. The zero-order chi connectivity index (χ0) is 8.48. The Morgan fingerprint density at radius 1 is 1.82 bits per heavy atom. The normalized spacial score (nSPS) is 32.0. The Morgan fingerprint density at radius 2 is 2.45 bits per heavy atom. The number of hydrogen-bond acceptors (Lipinski definition) is 3. The van der Waals surface area contributed by atoms with Crippen molar-refractivity contribution in [3.05, 3.63) is 0 Å². The van der Waals surface area contributed by atoms with Gasteiger partial charge in [0.15, 0.2) is 0 Å². The molecular formula is C6H12N2O3. The highest BCUT2D eigenvalue weighted by Gasteiger charge is 2.30. The molecule has 5 heteroatoms. The second-order valence-electron chi connectivity index (χ2n) is 2.87. The van der Waals surface area contributed by atoms with Crippen molar-refractivity contribution < 1.29 is 14.6 Å². The molecule has 1 unspecified atom stereocenters. The van der Waals surface area contributed by atoms with Crippen molar-refractivity contribution in [2.75, 3.05) is 19.7 Å². The second-order valence-corrected chi connectivity index (χ2v) is 2.87. The van der Waals surface area contributed by atoms with Crippen molar-refractivity contribution in [2.45, 2.75) is 12.6 Å². The summed E-state index contributed by atoms with van der Waals surface area (Å²) >= 11 is 0. The van der Waals surface area contributed by atoms with Gasteiger partial charge in [0.2, 0.25) is 0 Å². The molecule has 0 radical (unpaired) electrons. The highest BCUT2D eigenvalue weighted by atomic mass is 16.5. The second kappa shape index (κ2) is 2.67. The van der Waals surface area contributed by atoms with Gasteiger partial charge in [-0.15, -0.1) is 0 Å². The molecule has 0 aromatic heterocycles. The van der Waals surface area contributed by atoms with Gasteiger partial charge in [-0.1, -0.05) is 0 Å². The van der Waals surface area contributed by atoms with Crippen LogP contribution in [-0.4, -0.2) is 41.5 Å². The van der Waals surface area contributed by atoms with Crippen LogP contribution in [0, 0.1) is 0 Å². The minimum Gasteiger partial charge on any atom is -0.465 e. The zero-order valence-corrected chi connectivity index (χ0v) is 6.41. The molecule has 1 atom stereocenters. The van der Waals surface area contributed by atoms with Crippen molar-refractivity contribution in [3.8, 4) is 0 Å². The maximum absolute atomic E-state index is 10.5. The fourth-order valence-electron chi connectivity index (χ4n) is 1.06. The van der Waals surface area contributed by atoms with E-state index in [1.807, 2.05) is 0 Å². The number of morpholine rings is 1. The van der Waals surface area contributed by atoms with Crippen LogP contribution in [-0.2, 0) is 4.74 Å². The van der Waals surface area contributed by atoms with E-state index in [0.717, 1.165) is 0 Å². The fraction of sp³-hybridized carbons (Fsp3) is 0.833. The highest BCUT2D eigenvalue weighted by molar-refractivity contribution is 5.65. The molecule has 11 heavy (non-hydrogen) atoms. The maximum atomic E-state index is 10.5. The van der Waals surface area contributed by atoms with Crippen molar-refractivity contribution in [1.29, 1.82) is 0 Å². The van der Waals surface area contributed by atoms with E-state index in [1.54, 1.807) is 6.92 Å². The van der Waals surface area contributed by atoms with Gasteiger partial charge in [-0.05, 0) is 6.92 Å². The lowest BCUT2D eigenvalue weighted by molar-refractivity contribution is -0.0860. The van der Waals surface area contributed by atoms with Gasteiger partial charge < -0.3 is 20.5 Å². The predicted octanol–water partition coefficient (Wildman–Crippen LogP) is -0.329. The Labute approximate surface area is 64.7 Å². The fourth-order valence-corrected chi connectivity index (χ4v) is 1.06. The molecule has 0 aromatic carbocycles. The molecule has 1 fully saturated rings. The number of carbonyl (C=O) groups is 1. The summed E-state index contributed by atoms with van der Waals surface area (Å²) in [6.45, 7) is 2.69. The Hall–Kier alpha value is -0.810. The number of ether oxygens (including phenoxy) is 1. The van der Waals surface area contributed by atoms with Crippen molar-refractivity contribution in [2.24, 2.45) is 5.73 Å². The Bertz CT molecular complexity index is 169. The third-order valence-electron chi connectivity index (χ3n) is 1.57. The lowest BCUT2D eigenvalue weighted by atomic mass is 10.2. The van der Waals surface area contributed by atoms with Crippen LogP contribution in [0.3, 0.4) is 0 Å². The molecule has 5 nitrogen and oxygen atoms in total. The standard InChI is InChI=1S/C6H12N2O3/c1-6(7)4-8(5(9)10)2-3-11-6/h2-4,7H2,1H3,(H,9,10). The first kappa shape index (κ1) is 8.29. The third-order valence-corrected chi connectivity index (χ3v) is 1.57. The van der Waals surface area contributed by atoms with E-state index in [4.69, 9.17) is 15.6 Å². The van der Waals surface area contributed by atoms with Crippen LogP contribution < -0.4 is 5.73 Å². The Morgan fingerprint density at radius 3 is 2.82 bits per heavy atom. The van der Waals surface area contributed by atoms with Crippen LogP contribution in [0.15, 0.2) is 0 Å². The monoisotopic (exact) mass is 160 g/mol. The largest absolute Gasteiger partial charge is 0.465 e. The highest BCUT2D eigenvalue weighted by Crippen LogP contribution is 2.10. The van der Waals surface area contributed by atoms with E-state index < -0.39 is 11.8 Å². The van der Waals surface area contributed by atoms with Crippen LogP contribution in [0.4, 0.5) is 4.79 Å². The van der Waals surface area contributed by atoms with Gasteiger partial charge in [-0.2, -0.15) is 0 Å². The molecule has 1 heterocycles. The number of hydrogen-bond donors (Lipinski definition) is 2. The molecular weight excluding hydrogens is 148 g/mol. The van der Waals surface area contributed by atoms with Crippen molar-refractivity contribution >= 4 is 6.09 Å². The van der Waals surface area contributed by atoms with Gasteiger partial charge in [0, 0.05) is 6.54 Å². The number of carboxylic acid groups (broad SMARTS) is 1. The molecule has 1 rings (SSSR count). The first-order valence-electron chi connectivity index (χ1n) is 3.42. The Kier molecular flexibility index (Phi) is 2.01. The van der Waals surface area contributed by atoms with Crippen molar-refractivity contribution in [1.82, 2.24) is 4.90 Å². The topological polar surface area (TPSA) is 75.8 Å². The van der Waals surface area contributed by atoms with Gasteiger partial charge in [0.05, 0.1) is 13.2 Å². The van der Waals surface area contributed by atoms with Crippen molar-refractivity contribution in [3.63, 3.8) is 0 Å². The van der Waals surface area contributed by atoms with E-state index in [0.29, 0.717) is 13.2 Å². The summed E-state index contributed by atoms with van der Waals surface area (Å²) in [5.74, 6) is 0. The molecule has 0 bridgehead atoms. The molecule has 0 aliphatic carbocycles. The van der Waals surface area contributed by atoms with Crippen LogP contribution in [0.25, 0.3) is 0 Å². The lowest BCUT2D eigenvalue weighted by Crippen LogP contribution is -2.56. The minimum atomic E-state index is -0.940. The summed E-state index contributed by atoms with van der Waals surface area (Å²) in [6, 6.07) is 0. The maximum Gasteiger partial charge on any atom is 0.407 e. The third kappa shape index (κ3) is 2.06. The summed E-state index contributed by atoms with van der Waals surface area (Å²) in [5, 5.41) is 8.59. The molecule has 0 aromatic rings. The summed E-state index contributed by atoms with van der Waals surface area (Å²) in [7, 11) is 0. The average molecular weight is 160 g/mol. The van der Waals surface area contributed by atoms with E-state index in [9.17, 15) is 4.79 Å². The van der Waals surface area contributed by atoms with Gasteiger partial charge in [0.25, 0.3) is 0 Å². The lowest BCUT2D eigenvalue weighted by Gasteiger charge is -2.36. The van der Waals surface area contributed by atoms with Gasteiger partial charge in [-0.3, -0.25) is 0 Å². The molecule has 64 valence electrons. The first-order chi connectivity index (χ1) is 5.01. The number of amides is 1. The summed E-state index contributed by atoms with van der Waals surface area (Å²) in [4.78, 5) is 11.7. The molecule has 1 saturated heterocycles. The molecule has 1 amide bonds. The molecule has 0 spiro atoms. The number of nitrogens with zero attached hydrogens (tertiary/aromatic N) is 1. The van der Waals surface area contributed by atoms with Gasteiger partial charge in [-0.25, -0.2) is 4.79 Å². The number of nitrogens with two attached hydrogens (primary N) is 1. The minimum absolute atomic E-state index is 0.238. The van der Waals surface area contributed by atoms with Crippen LogP contribution in [0.2, 0.25) is 0 Å². The van der Waals surface area contributed by atoms with E-state index in [1.165, 1.54) is 4.90 Å². The zero-order valence-electron chi connectivity index (χ0n) is 6.41.